The SMILES string of the molecule is O=C1C(CC2CCC(Cl)CC2)S[C@H]2NC(C3CCCCC3)NN12. The first-order chi connectivity index (χ1) is 11.2. The molecule has 2 N–H and O–H groups in total. The van der Waals surface area contributed by atoms with E-state index in [1.165, 1.54) is 44.9 Å². The Morgan fingerprint density at radius 1 is 1.09 bits per heavy atom. The van der Waals surface area contributed by atoms with Gasteiger partial charge in [0, 0.05) is 5.38 Å². The minimum absolute atomic E-state index is 0.129. The van der Waals surface area contributed by atoms with E-state index < -0.39 is 0 Å². The van der Waals surface area contributed by atoms with Gasteiger partial charge < -0.3 is 0 Å². The van der Waals surface area contributed by atoms with Crippen molar-refractivity contribution >= 4 is 29.3 Å². The molecule has 4 fully saturated rings. The minimum atomic E-state index is 0.129. The van der Waals surface area contributed by atoms with Crippen LogP contribution in [0.25, 0.3) is 0 Å². The first kappa shape index (κ1) is 16.5. The van der Waals surface area contributed by atoms with Crippen LogP contribution in [0.2, 0.25) is 0 Å². The van der Waals surface area contributed by atoms with Gasteiger partial charge in [-0.3, -0.25) is 10.1 Å². The number of halogens is 1. The third-order valence-electron chi connectivity index (χ3n) is 6.09. The van der Waals surface area contributed by atoms with E-state index in [-0.39, 0.29) is 10.7 Å². The first-order valence-electron chi connectivity index (χ1n) is 9.35. The van der Waals surface area contributed by atoms with Crippen molar-refractivity contribution in [2.75, 3.05) is 0 Å². The van der Waals surface area contributed by atoms with Crippen LogP contribution in [0.3, 0.4) is 0 Å². The summed E-state index contributed by atoms with van der Waals surface area (Å²) in [5.41, 5.74) is 3.62. The van der Waals surface area contributed by atoms with Crippen LogP contribution in [-0.2, 0) is 4.79 Å². The lowest BCUT2D eigenvalue weighted by Crippen LogP contribution is -2.46. The Hall–Kier alpha value is 0.0300. The summed E-state index contributed by atoms with van der Waals surface area (Å²) in [4.78, 5) is 12.7. The van der Waals surface area contributed by atoms with Crippen molar-refractivity contribution in [3.05, 3.63) is 0 Å². The molecule has 0 aromatic carbocycles. The highest BCUT2D eigenvalue weighted by atomic mass is 35.5. The number of rotatable bonds is 3. The minimum Gasteiger partial charge on any atom is -0.272 e. The van der Waals surface area contributed by atoms with Gasteiger partial charge in [-0.15, -0.1) is 23.4 Å². The van der Waals surface area contributed by atoms with Crippen molar-refractivity contribution in [1.82, 2.24) is 15.8 Å². The van der Waals surface area contributed by atoms with E-state index in [1.807, 2.05) is 16.8 Å². The third-order valence-corrected chi connectivity index (χ3v) is 7.85. The maximum Gasteiger partial charge on any atom is 0.252 e. The van der Waals surface area contributed by atoms with Crippen LogP contribution in [0.5, 0.6) is 0 Å². The van der Waals surface area contributed by atoms with Crippen molar-refractivity contribution < 1.29 is 4.79 Å². The maximum absolute atomic E-state index is 12.7. The quantitative estimate of drug-likeness (QED) is 0.760. The van der Waals surface area contributed by atoms with Gasteiger partial charge in [0.05, 0.1) is 11.4 Å². The smallest absolute Gasteiger partial charge is 0.252 e. The molecule has 3 atom stereocenters. The Morgan fingerprint density at radius 3 is 2.52 bits per heavy atom. The highest BCUT2D eigenvalue weighted by Gasteiger charge is 2.48. The predicted octanol–water partition coefficient (Wildman–Crippen LogP) is 3.42. The van der Waals surface area contributed by atoms with Crippen molar-refractivity contribution in [1.29, 1.82) is 0 Å². The van der Waals surface area contributed by atoms with Crippen molar-refractivity contribution in [3.8, 4) is 0 Å². The number of hydrazine groups is 1. The number of nitrogens with zero attached hydrogens (tertiary/aromatic N) is 1. The Morgan fingerprint density at radius 2 is 1.83 bits per heavy atom. The number of hydrogen-bond acceptors (Lipinski definition) is 4. The molecule has 6 heteroatoms. The lowest BCUT2D eigenvalue weighted by molar-refractivity contribution is -0.132. The number of fused-ring (bicyclic) bond motifs is 1. The van der Waals surface area contributed by atoms with Crippen LogP contribution in [0.1, 0.15) is 64.2 Å². The fourth-order valence-electron chi connectivity index (χ4n) is 4.66. The number of hydrogen-bond donors (Lipinski definition) is 2. The number of thioether (sulfide) groups is 1. The highest BCUT2D eigenvalue weighted by Crippen LogP contribution is 2.40. The molecule has 0 aromatic rings. The molecule has 4 aliphatic rings. The molecule has 4 nitrogen and oxygen atoms in total. The molecule has 0 spiro atoms. The number of amides is 1. The van der Waals surface area contributed by atoms with Gasteiger partial charge >= 0.3 is 0 Å². The summed E-state index contributed by atoms with van der Waals surface area (Å²) >= 11 is 8.02. The fraction of sp³-hybridized carbons (Fsp3) is 0.941. The average Bonchev–Trinajstić information content (AvgIpc) is 3.11. The van der Waals surface area contributed by atoms with Gasteiger partial charge in [0.2, 0.25) is 0 Å². The zero-order chi connectivity index (χ0) is 15.8. The molecular weight excluding hydrogens is 330 g/mol. The second-order valence-corrected chi connectivity index (χ2v) is 9.62. The standard InChI is InChI=1S/C17H28ClN3OS/c18-13-8-6-11(7-9-13)10-14-16(22)21-17(23-14)19-15(20-21)12-4-2-1-3-5-12/h11-15,17,19-20H,1-10H2/t11?,13?,14?,15?,17-/m0/s1. The van der Waals surface area contributed by atoms with E-state index in [2.05, 4.69) is 10.7 Å². The van der Waals surface area contributed by atoms with Gasteiger partial charge in [-0.1, -0.05) is 19.3 Å². The van der Waals surface area contributed by atoms with Gasteiger partial charge in [0.1, 0.15) is 5.50 Å². The Labute approximate surface area is 148 Å². The first-order valence-corrected chi connectivity index (χ1v) is 10.7. The molecule has 2 aliphatic carbocycles. The van der Waals surface area contributed by atoms with Crippen LogP contribution >= 0.6 is 23.4 Å². The average molecular weight is 358 g/mol. The van der Waals surface area contributed by atoms with Crippen molar-refractivity contribution in [3.63, 3.8) is 0 Å². The van der Waals surface area contributed by atoms with Crippen LogP contribution in [0.4, 0.5) is 0 Å². The number of carbonyl (C=O) groups excluding carboxylic acids is 1. The largest absolute Gasteiger partial charge is 0.272 e. The van der Waals surface area contributed by atoms with Gasteiger partial charge in [-0.05, 0) is 56.8 Å². The van der Waals surface area contributed by atoms with Crippen molar-refractivity contribution in [2.45, 2.75) is 86.5 Å². The van der Waals surface area contributed by atoms with E-state index in [1.54, 1.807) is 0 Å². The zero-order valence-corrected chi connectivity index (χ0v) is 15.2. The van der Waals surface area contributed by atoms with Crippen LogP contribution < -0.4 is 10.7 Å². The molecule has 0 bridgehead atoms. The Balaban J connectivity index is 1.30. The highest BCUT2D eigenvalue weighted by molar-refractivity contribution is 8.01. The van der Waals surface area contributed by atoms with Crippen LogP contribution in [0, 0.1) is 11.8 Å². The summed E-state index contributed by atoms with van der Waals surface area (Å²) in [7, 11) is 0. The monoisotopic (exact) mass is 357 g/mol. The second kappa shape index (κ2) is 7.11. The summed E-state index contributed by atoms with van der Waals surface area (Å²) in [5.74, 6) is 1.65. The number of alkyl halides is 1. The molecule has 130 valence electrons. The fourth-order valence-corrected chi connectivity index (χ4v) is 6.34. The lowest BCUT2D eigenvalue weighted by atomic mass is 9.85. The normalized spacial score (nSPS) is 42.2. The van der Waals surface area contributed by atoms with Crippen LogP contribution in [0.15, 0.2) is 0 Å². The molecule has 23 heavy (non-hydrogen) atoms. The van der Waals surface area contributed by atoms with Gasteiger partial charge in [0.15, 0.2) is 0 Å². The molecule has 2 unspecified atom stereocenters. The third kappa shape index (κ3) is 3.53. The molecule has 0 aromatic heterocycles. The summed E-state index contributed by atoms with van der Waals surface area (Å²) in [6.45, 7) is 0. The topological polar surface area (TPSA) is 44.4 Å². The van der Waals surface area contributed by atoms with Crippen molar-refractivity contribution in [2.24, 2.45) is 11.8 Å². The summed E-state index contributed by atoms with van der Waals surface area (Å²) in [6.07, 6.45) is 12.5. The number of carbonyl (C=O) groups is 1. The zero-order valence-electron chi connectivity index (χ0n) is 13.7. The van der Waals surface area contributed by atoms with E-state index in [4.69, 9.17) is 11.6 Å². The summed E-state index contributed by atoms with van der Waals surface area (Å²) < 4.78 is 0. The molecule has 2 saturated carbocycles. The predicted molar refractivity (Wildman–Crippen MR) is 94.9 cm³/mol. The number of nitrogens with one attached hydrogen (secondary N) is 2. The maximum atomic E-state index is 12.7. The van der Waals surface area contributed by atoms with Crippen LogP contribution in [-0.4, -0.2) is 33.2 Å². The van der Waals surface area contributed by atoms with E-state index >= 15 is 0 Å². The van der Waals surface area contributed by atoms with Gasteiger partial charge in [0.25, 0.3) is 5.91 Å². The molecular formula is C17H28ClN3OS. The van der Waals surface area contributed by atoms with E-state index in [0.717, 1.165) is 19.3 Å². The molecule has 2 heterocycles. The van der Waals surface area contributed by atoms with E-state index in [0.29, 0.717) is 29.3 Å². The Bertz CT molecular complexity index is 438. The summed E-state index contributed by atoms with van der Waals surface area (Å²) in [5, 5.41) is 6.04. The second-order valence-electron chi connectivity index (χ2n) is 7.71. The molecule has 2 aliphatic heterocycles. The van der Waals surface area contributed by atoms with E-state index in [9.17, 15) is 4.79 Å². The molecule has 1 amide bonds. The van der Waals surface area contributed by atoms with Gasteiger partial charge in [-0.2, -0.15) is 0 Å². The van der Waals surface area contributed by atoms with Gasteiger partial charge in [-0.25, -0.2) is 10.4 Å². The summed E-state index contributed by atoms with van der Waals surface area (Å²) in [6, 6.07) is 0. The Kier molecular flexibility index (Phi) is 5.10. The molecule has 0 radical (unpaired) electrons. The lowest BCUT2D eigenvalue weighted by Gasteiger charge is -2.29. The molecule has 2 saturated heterocycles. The molecule has 4 rings (SSSR count).